The number of nitrogens with zero attached hydrogens (tertiary/aromatic N) is 2. The molecule has 4 nitrogen and oxygen atoms in total. The SMILES string of the molecule is CC(C=NNc1ccc(C)cc1)=NNc1ccc(C)cc1. The Hall–Kier alpha value is -2.62. The Morgan fingerprint density at radius 3 is 1.81 bits per heavy atom. The van der Waals surface area contributed by atoms with Gasteiger partial charge in [0.05, 0.1) is 23.3 Å². The average Bonchev–Trinajstić information content (AvgIpc) is 2.49. The van der Waals surface area contributed by atoms with E-state index in [1.807, 2.05) is 55.5 Å². The molecule has 4 heteroatoms. The number of aryl methyl sites for hydroxylation is 2. The molecule has 0 fully saturated rings. The Balaban J connectivity index is 1.86. The maximum absolute atomic E-state index is 4.25. The van der Waals surface area contributed by atoms with Gasteiger partial charge in [-0.2, -0.15) is 10.2 Å². The third-order valence-electron chi connectivity index (χ3n) is 2.91. The van der Waals surface area contributed by atoms with E-state index in [-0.39, 0.29) is 0 Å². The summed E-state index contributed by atoms with van der Waals surface area (Å²) in [4.78, 5) is 0. The molecular weight excluding hydrogens is 260 g/mol. The fourth-order valence-corrected chi connectivity index (χ4v) is 1.64. The Morgan fingerprint density at radius 2 is 1.29 bits per heavy atom. The summed E-state index contributed by atoms with van der Waals surface area (Å²) in [5.74, 6) is 0. The standard InChI is InChI=1S/C17H20N4/c1-13-4-8-16(9-5-13)20-18-12-15(3)19-21-17-10-6-14(2)7-11-17/h4-12,20-21H,1-3H3. The predicted molar refractivity (Wildman–Crippen MR) is 91.2 cm³/mol. The predicted octanol–water partition coefficient (Wildman–Crippen LogP) is 4.19. The van der Waals surface area contributed by atoms with Gasteiger partial charge in [-0.1, -0.05) is 35.4 Å². The largest absolute Gasteiger partial charge is 0.278 e. The Labute approximate surface area is 125 Å². The maximum atomic E-state index is 4.25. The van der Waals surface area contributed by atoms with Gasteiger partial charge in [0.25, 0.3) is 0 Å². The van der Waals surface area contributed by atoms with Crippen LogP contribution in [0.15, 0.2) is 58.7 Å². The molecule has 21 heavy (non-hydrogen) atoms. The summed E-state index contributed by atoms with van der Waals surface area (Å²) >= 11 is 0. The van der Waals surface area contributed by atoms with Crippen molar-refractivity contribution in [2.45, 2.75) is 20.8 Å². The number of anilines is 2. The van der Waals surface area contributed by atoms with Gasteiger partial charge in [0.1, 0.15) is 0 Å². The van der Waals surface area contributed by atoms with Crippen molar-refractivity contribution in [2.24, 2.45) is 10.2 Å². The lowest BCUT2D eigenvalue weighted by molar-refractivity contribution is 1.31. The monoisotopic (exact) mass is 280 g/mol. The van der Waals surface area contributed by atoms with E-state index in [1.54, 1.807) is 6.21 Å². The summed E-state index contributed by atoms with van der Waals surface area (Å²) in [7, 11) is 0. The third-order valence-corrected chi connectivity index (χ3v) is 2.91. The summed E-state index contributed by atoms with van der Waals surface area (Å²) in [5.41, 5.74) is 11.1. The molecule has 2 aromatic carbocycles. The van der Waals surface area contributed by atoms with Gasteiger partial charge in [-0.25, -0.2) is 0 Å². The first kappa shape index (κ1) is 14.8. The third kappa shape index (κ3) is 5.10. The lowest BCUT2D eigenvalue weighted by Crippen LogP contribution is -2.01. The second-order valence-electron chi connectivity index (χ2n) is 4.97. The highest BCUT2D eigenvalue weighted by molar-refractivity contribution is 6.29. The molecule has 2 N–H and O–H groups in total. The van der Waals surface area contributed by atoms with E-state index in [4.69, 9.17) is 0 Å². The van der Waals surface area contributed by atoms with Gasteiger partial charge >= 0.3 is 0 Å². The number of benzene rings is 2. The van der Waals surface area contributed by atoms with Crippen molar-refractivity contribution in [2.75, 3.05) is 10.9 Å². The van der Waals surface area contributed by atoms with Crippen molar-refractivity contribution in [3.05, 3.63) is 59.7 Å². The Morgan fingerprint density at radius 1 is 0.810 bits per heavy atom. The average molecular weight is 280 g/mol. The zero-order valence-corrected chi connectivity index (χ0v) is 12.6. The highest BCUT2D eigenvalue weighted by atomic mass is 15.3. The lowest BCUT2D eigenvalue weighted by atomic mass is 10.2. The highest BCUT2D eigenvalue weighted by Crippen LogP contribution is 2.09. The van der Waals surface area contributed by atoms with Gasteiger partial charge in [0.2, 0.25) is 0 Å². The summed E-state index contributed by atoms with van der Waals surface area (Å²) in [6.07, 6.45) is 1.68. The molecule has 0 aliphatic carbocycles. The first-order valence-corrected chi connectivity index (χ1v) is 6.86. The molecule has 0 aliphatic rings. The molecule has 0 saturated heterocycles. The van der Waals surface area contributed by atoms with E-state index in [2.05, 4.69) is 34.9 Å². The zero-order valence-electron chi connectivity index (χ0n) is 12.6. The summed E-state index contributed by atoms with van der Waals surface area (Å²) < 4.78 is 0. The minimum Gasteiger partial charge on any atom is -0.278 e. The summed E-state index contributed by atoms with van der Waals surface area (Å²) in [5, 5.41) is 8.40. The zero-order chi connectivity index (χ0) is 15.1. The minimum atomic E-state index is 0.787. The maximum Gasteiger partial charge on any atom is 0.0776 e. The van der Waals surface area contributed by atoms with Crippen molar-refractivity contribution >= 4 is 23.3 Å². The van der Waals surface area contributed by atoms with Crippen molar-refractivity contribution < 1.29 is 0 Å². The molecule has 0 aromatic heterocycles. The van der Waals surface area contributed by atoms with Crippen LogP contribution in [0, 0.1) is 13.8 Å². The Bertz CT molecular complexity index is 625. The molecule has 0 heterocycles. The number of hydrogen-bond acceptors (Lipinski definition) is 4. The van der Waals surface area contributed by atoms with E-state index in [0.717, 1.165) is 17.1 Å². The van der Waals surface area contributed by atoms with Crippen molar-refractivity contribution in [3.63, 3.8) is 0 Å². The Kier molecular flexibility index (Phi) is 5.10. The van der Waals surface area contributed by atoms with Gasteiger partial charge in [-0.05, 0) is 45.0 Å². The van der Waals surface area contributed by atoms with Gasteiger partial charge in [0.15, 0.2) is 0 Å². The van der Waals surface area contributed by atoms with Crippen LogP contribution in [0.5, 0.6) is 0 Å². The van der Waals surface area contributed by atoms with E-state index >= 15 is 0 Å². The van der Waals surface area contributed by atoms with Crippen LogP contribution in [-0.2, 0) is 0 Å². The number of hydrazone groups is 2. The van der Waals surface area contributed by atoms with E-state index < -0.39 is 0 Å². The molecule has 0 saturated carbocycles. The molecular formula is C17H20N4. The summed E-state index contributed by atoms with van der Waals surface area (Å²) in [6, 6.07) is 16.1. The first-order chi connectivity index (χ1) is 10.1. The molecule has 0 amide bonds. The fraction of sp³-hybridized carbons (Fsp3) is 0.176. The van der Waals surface area contributed by atoms with Gasteiger partial charge in [0, 0.05) is 0 Å². The van der Waals surface area contributed by atoms with Crippen molar-refractivity contribution in [1.82, 2.24) is 0 Å². The van der Waals surface area contributed by atoms with Crippen LogP contribution in [-0.4, -0.2) is 11.9 Å². The molecule has 0 radical (unpaired) electrons. The molecule has 0 aliphatic heterocycles. The lowest BCUT2D eigenvalue weighted by Gasteiger charge is -2.02. The molecule has 0 bridgehead atoms. The van der Waals surface area contributed by atoms with Crippen LogP contribution in [0.3, 0.4) is 0 Å². The molecule has 0 atom stereocenters. The topological polar surface area (TPSA) is 48.8 Å². The highest BCUT2D eigenvalue weighted by Gasteiger charge is 1.91. The summed E-state index contributed by atoms with van der Waals surface area (Å²) in [6.45, 7) is 6.00. The second kappa shape index (κ2) is 7.24. The van der Waals surface area contributed by atoms with Gasteiger partial charge < -0.3 is 0 Å². The van der Waals surface area contributed by atoms with Gasteiger partial charge in [-0.15, -0.1) is 0 Å². The molecule has 0 spiro atoms. The van der Waals surface area contributed by atoms with Crippen LogP contribution in [0.2, 0.25) is 0 Å². The van der Waals surface area contributed by atoms with E-state index in [0.29, 0.717) is 0 Å². The molecule has 0 unspecified atom stereocenters. The number of rotatable bonds is 5. The van der Waals surface area contributed by atoms with Crippen LogP contribution in [0.4, 0.5) is 11.4 Å². The van der Waals surface area contributed by atoms with Crippen molar-refractivity contribution in [1.29, 1.82) is 0 Å². The first-order valence-electron chi connectivity index (χ1n) is 6.86. The van der Waals surface area contributed by atoms with E-state index in [1.165, 1.54) is 11.1 Å². The van der Waals surface area contributed by atoms with Crippen LogP contribution >= 0.6 is 0 Å². The quantitative estimate of drug-likeness (QED) is 0.637. The number of nitrogens with one attached hydrogen (secondary N) is 2. The van der Waals surface area contributed by atoms with Crippen LogP contribution in [0.1, 0.15) is 18.1 Å². The van der Waals surface area contributed by atoms with Crippen LogP contribution < -0.4 is 10.9 Å². The second-order valence-corrected chi connectivity index (χ2v) is 4.97. The minimum absolute atomic E-state index is 0.787. The number of hydrogen-bond donors (Lipinski definition) is 2. The smallest absolute Gasteiger partial charge is 0.0776 e. The molecule has 108 valence electrons. The fourth-order valence-electron chi connectivity index (χ4n) is 1.64. The normalized spacial score (nSPS) is 11.7. The van der Waals surface area contributed by atoms with E-state index in [9.17, 15) is 0 Å². The molecule has 2 aromatic rings. The van der Waals surface area contributed by atoms with Crippen LogP contribution in [0.25, 0.3) is 0 Å². The van der Waals surface area contributed by atoms with Crippen molar-refractivity contribution in [3.8, 4) is 0 Å². The van der Waals surface area contributed by atoms with Gasteiger partial charge in [-0.3, -0.25) is 10.9 Å². The molecule has 2 rings (SSSR count).